The highest BCUT2D eigenvalue weighted by Gasteiger charge is 2.15. The highest BCUT2D eigenvalue weighted by molar-refractivity contribution is 5.19. The number of benzene rings is 1. The van der Waals surface area contributed by atoms with Gasteiger partial charge in [-0.15, -0.1) is 0 Å². The quantitative estimate of drug-likeness (QED) is 0.923. The minimum atomic E-state index is -0.840. The first kappa shape index (κ1) is 13.7. The summed E-state index contributed by atoms with van der Waals surface area (Å²) in [6.07, 6.45) is 3.36. The molecule has 2 N–H and O–H groups in total. The van der Waals surface area contributed by atoms with Crippen molar-refractivity contribution in [2.45, 2.75) is 26.4 Å². The van der Waals surface area contributed by atoms with Crippen LogP contribution in [0, 0.1) is 17.6 Å². The smallest absolute Gasteiger partial charge is 0.159 e. The molecule has 102 valence electrons. The summed E-state index contributed by atoms with van der Waals surface area (Å²) < 4.78 is 27.9. The molecule has 0 amide bonds. The number of hydrogen-bond acceptors (Lipinski definition) is 2. The largest absolute Gasteiger partial charge is 0.329 e. The third-order valence-corrected chi connectivity index (χ3v) is 3.14. The second-order valence-corrected chi connectivity index (χ2v) is 4.96. The molecule has 3 nitrogen and oxygen atoms in total. The summed E-state index contributed by atoms with van der Waals surface area (Å²) >= 11 is 0. The SMILES string of the molecule is CC(C)C(N)c1cncn1Cc1ccc(F)c(F)c1. The summed E-state index contributed by atoms with van der Waals surface area (Å²) in [6, 6.07) is 3.75. The van der Waals surface area contributed by atoms with Crippen LogP contribution >= 0.6 is 0 Å². The van der Waals surface area contributed by atoms with Crippen molar-refractivity contribution in [1.29, 1.82) is 0 Å². The van der Waals surface area contributed by atoms with Gasteiger partial charge in [-0.2, -0.15) is 0 Å². The minimum Gasteiger partial charge on any atom is -0.329 e. The van der Waals surface area contributed by atoms with Crippen molar-refractivity contribution in [1.82, 2.24) is 9.55 Å². The molecule has 1 unspecified atom stereocenters. The molecular formula is C14H17F2N3. The molecule has 1 atom stereocenters. The van der Waals surface area contributed by atoms with Crippen LogP contribution in [0.2, 0.25) is 0 Å². The molecule has 5 heteroatoms. The van der Waals surface area contributed by atoms with Crippen molar-refractivity contribution in [2.75, 3.05) is 0 Å². The molecule has 19 heavy (non-hydrogen) atoms. The molecule has 0 radical (unpaired) electrons. The Balaban J connectivity index is 2.24. The van der Waals surface area contributed by atoms with E-state index in [4.69, 9.17) is 5.73 Å². The van der Waals surface area contributed by atoms with E-state index in [1.54, 1.807) is 18.6 Å². The van der Waals surface area contributed by atoms with Gasteiger partial charge < -0.3 is 10.3 Å². The fourth-order valence-corrected chi connectivity index (χ4v) is 1.92. The standard InChI is InChI=1S/C14H17F2N3/c1-9(2)14(17)13-6-18-8-19(13)7-10-3-4-11(15)12(16)5-10/h3-6,8-9,14H,7,17H2,1-2H3. The number of aromatic nitrogens is 2. The zero-order valence-electron chi connectivity index (χ0n) is 11.0. The van der Waals surface area contributed by atoms with Crippen LogP contribution in [0.1, 0.15) is 31.1 Å². The predicted octanol–water partition coefficient (Wildman–Crippen LogP) is 2.87. The lowest BCUT2D eigenvalue weighted by molar-refractivity contribution is 0.482. The molecule has 2 aromatic rings. The van der Waals surface area contributed by atoms with Gasteiger partial charge in [0.05, 0.1) is 12.0 Å². The third kappa shape index (κ3) is 2.98. The van der Waals surface area contributed by atoms with Gasteiger partial charge in [0.25, 0.3) is 0 Å². The van der Waals surface area contributed by atoms with E-state index in [9.17, 15) is 8.78 Å². The molecule has 1 aromatic heterocycles. The fraction of sp³-hybridized carbons (Fsp3) is 0.357. The summed E-state index contributed by atoms with van der Waals surface area (Å²) in [5.41, 5.74) is 7.66. The molecular weight excluding hydrogens is 248 g/mol. The molecule has 0 saturated carbocycles. The summed E-state index contributed by atoms with van der Waals surface area (Å²) in [5.74, 6) is -1.40. The predicted molar refractivity (Wildman–Crippen MR) is 69.5 cm³/mol. The van der Waals surface area contributed by atoms with Crippen molar-refractivity contribution in [3.05, 3.63) is 53.6 Å². The number of nitrogens with zero attached hydrogens (tertiary/aromatic N) is 2. The van der Waals surface area contributed by atoms with E-state index in [1.165, 1.54) is 6.07 Å². The van der Waals surface area contributed by atoms with E-state index in [2.05, 4.69) is 4.98 Å². The highest BCUT2D eigenvalue weighted by Crippen LogP contribution is 2.19. The van der Waals surface area contributed by atoms with Gasteiger partial charge in [0.2, 0.25) is 0 Å². The summed E-state index contributed by atoms with van der Waals surface area (Å²) in [5, 5.41) is 0. The third-order valence-electron chi connectivity index (χ3n) is 3.14. The molecule has 0 saturated heterocycles. The van der Waals surface area contributed by atoms with Crippen molar-refractivity contribution >= 4 is 0 Å². The average Bonchev–Trinajstić information content (AvgIpc) is 2.81. The monoisotopic (exact) mass is 265 g/mol. The number of rotatable bonds is 4. The molecule has 1 aromatic carbocycles. The Morgan fingerprint density at radius 3 is 2.63 bits per heavy atom. The van der Waals surface area contributed by atoms with Crippen molar-refractivity contribution < 1.29 is 8.78 Å². The number of imidazole rings is 1. The Kier molecular flexibility index (Phi) is 3.95. The van der Waals surface area contributed by atoms with Gasteiger partial charge in [0.15, 0.2) is 11.6 Å². The van der Waals surface area contributed by atoms with Gasteiger partial charge >= 0.3 is 0 Å². The lowest BCUT2D eigenvalue weighted by Crippen LogP contribution is -2.20. The van der Waals surface area contributed by atoms with Gasteiger partial charge in [0.1, 0.15) is 0 Å². The lowest BCUT2D eigenvalue weighted by Gasteiger charge is -2.18. The number of hydrogen-bond donors (Lipinski definition) is 1. The van der Waals surface area contributed by atoms with E-state index in [-0.39, 0.29) is 12.0 Å². The van der Waals surface area contributed by atoms with Crippen molar-refractivity contribution in [3.8, 4) is 0 Å². The molecule has 0 aliphatic carbocycles. The van der Waals surface area contributed by atoms with Gasteiger partial charge in [-0.05, 0) is 23.6 Å². The normalized spacial score (nSPS) is 12.9. The van der Waals surface area contributed by atoms with E-state index in [0.717, 1.165) is 11.8 Å². The molecule has 0 fully saturated rings. The Labute approximate surface area is 111 Å². The number of halogens is 2. The molecule has 0 aliphatic heterocycles. The fourth-order valence-electron chi connectivity index (χ4n) is 1.92. The molecule has 2 rings (SSSR count). The van der Waals surface area contributed by atoms with Gasteiger partial charge in [-0.3, -0.25) is 0 Å². The Morgan fingerprint density at radius 2 is 2.00 bits per heavy atom. The zero-order chi connectivity index (χ0) is 14.0. The van der Waals surface area contributed by atoms with Crippen LogP contribution in [-0.2, 0) is 6.54 Å². The maximum Gasteiger partial charge on any atom is 0.159 e. The van der Waals surface area contributed by atoms with E-state index >= 15 is 0 Å². The van der Waals surface area contributed by atoms with E-state index < -0.39 is 11.6 Å². The Hall–Kier alpha value is -1.75. The molecule has 1 heterocycles. The van der Waals surface area contributed by atoms with Gasteiger partial charge in [0, 0.05) is 18.8 Å². The van der Waals surface area contributed by atoms with Crippen LogP contribution in [-0.4, -0.2) is 9.55 Å². The second-order valence-electron chi connectivity index (χ2n) is 4.96. The second kappa shape index (κ2) is 5.48. The van der Waals surface area contributed by atoms with Crippen LogP contribution in [0.4, 0.5) is 8.78 Å². The number of nitrogens with two attached hydrogens (primary N) is 1. The van der Waals surface area contributed by atoms with E-state index in [1.807, 2.05) is 18.4 Å². The zero-order valence-corrected chi connectivity index (χ0v) is 11.0. The van der Waals surface area contributed by atoms with Crippen molar-refractivity contribution in [3.63, 3.8) is 0 Å². The van der Waals surface area contributed by atoms with Crippen LogP contribution in [0.15, 0.2) is 30.7 Å². The molecule has 0 aliphatic rings. The van der Waals surface area contributed by atoms with Crippen LogP contribution in [0.5, 0.6) is 0 Å². The first-order valence-electron chi connectivity index (χ1n) is 6.18. The summed E-state index contributed by atoms with van der Waals surface area (Å²) in [7, 11) is 0. The minimum absolute atomic E-state index is 0.132. The Bertz CT molecular complexity index is 564. The first-order valence-corrected chi connectivity index (χ1v) is 6.18. The maximum atomic E-state index is 13.2. The maximum absolute atomic E-state index is 13.2. The van der Waals surface area contributed by atoms with E-state index in [0.29, 0.717) is 12.1 Å². The van der Waals surface area contributed by atoms with Crippen LogP contribution in [0.25, 0.3) is 0 Å². The van der Waals surface area contributed by atoms with Crippen molar-refractivity contribution in [2.24, 2.45) is 11.7 Å². The van der Waals surface area contributed by atoms with Gasteiger partial charge in [-0.25, -0.2) is 13.8 Å². The van der Waals surface area contributed by atoms with Crippen LogP contribution < -0.4 is 5.73 Å². The first-order chi connectivity index (χ1) is 8.99. The topological polar surface area (TPSA) is 43.8 Å². The highest BCUT2D eigenvalue weighted by atomic mass is 19.2. The Morgan fingerprint density at radius 1 is 1.26 bits per heavy atom. The van der Waals surface area contributed by atoms with Crippen LogP contribution in [0.3, 0.4) is 0 Å². The van der Waals surface area contributed by atoms with Gasteiger partial charge in [-0.1, -0.05) is 19.9 Å². The lowest BCUT2D eigenvalue weighted by atomic mass is 10.0. The summed E-state index contributed by atoms with van der Waals surface area (Å²) in [4.78, 5) is 4.08. The average molecular weight is 265 g/mol. The summed E-state index contributed by atoms with van der Waals surface area (Å²) in [6.45, 7) is 4.48. The molecule has 0 spiro atoms. The molecule has 0 bridgehead atoms.